The number of phenols is 1. The first-order chi connectivity index (χ1) is 59.3. The van der Waals surface area contributed by atoms with Gasteiger partial charge in [0.1, 0.15) is 60.1 Å². The predicted molar refractivity (Wildman–Crippen MR) is 468 cm³/mol. The number of aromatic amines is 3. The number of thioether (sulfide) groups is 1. The Hall–Kier alpha value is -12.6. The number of aliphatic hydroxyl groups is 1. The molecule has 3 fully saturated rings. The Labute approximate surface area is 721 Å². The highest BCUT2D eigenvalue weighted by Crippen LogP contribution is 2.33. The number of nitrogens with one attached hydrogen (secondary N) is 12. The van der Waals surface area contributed by atoms with Crippen LogP contribution in [0.5, 0.6) is 5.75 Å². The van der Waals surface area contributed by atoms with E-state index in [2.05, 4.69) is 141 Å². The minimum atomic E-state index is -1.75. The molecule has 18 N–H and O–H groups in total. The zero-order valence-corrected chi connectivity index (χ0v) is 70.9. The van der Waals surface area contributed by atoms with Crippen LogP contribution >= 0.6 is 23.4 Å². The molecule has 5 aromatic carbocycles. The van der Waals surface area contributed by atoms with Crippen molar-refractivity contribution >= 4 is 115 Å². The number of aliphatic imine (C=N–C) groups is 2. The fourth-order valence-electron chi connectivity index (χ4n) is 15.2. The molecule has 8 heterocycles. The fourth-order valence-corrected chi connectivity index (χ4v) is 16.5. The number of aliphatic hydroxyl groups excluding tert-OH is 1. The average Bonchev–Trinajstić information content (AvgIpc) is 1.70. The lowest BCUT2D eigenvalue weighted by Gasteiger charge is -2.31. The number of H-pyrrole nitrogens is 3. The summed E-state index contributed by atoms with van der Waals surface area (Å²) in [4.78, 5) is 174. The molecular formula is C87H109ClN22O12S. The van der Waals surface area contributed by atoms with E-state index >= 15 is 0 Å². The quantitative estimate of drug-likeness (QED) is 0.0143. The van der Waals surface area contributed by atoms with Crippen LogP contribution < -0.4 is 59.3 Å². The summed E-state index contributed by atoms with van der Waals surface area (Å²) in [6, 6.07) is 26.7. The number of aromatic nitrogens is 7. The second-order valence-electron chi connectivity index (χ2n) is 31.6. The van der Waals surface area contributed by atoms with Gasteiger partial charge in [0.15, 0.2) is 11.1 Å². The van der Waals surface area contributed by atoms with Crippen LogP contribution in [0, 0.1) is 11.8 Å². The fraction of sp³-hybridized carbons (Fsp3) is 0.414. The van der Waals surface area contributed by atoms with Gasteiger partial charge in [-0.05, 0) is 134 Å². The first-order valence-corrected chi connectivity index (χ1v) is 42.8. The van der Waals surface area contributed by atoms with Crippen molar-refractivity contribution in [2.45, 2.75) is 172 Å². The molecule has 4 aliphatic rings. The number of rotatable bonds is 36. The number of carbonyl (C=O) groups is 10. The largest absolute Gasteiger partial charge is 0.508 e. The van der Waals surface area contributed by atoms with E-state index in [4.69, 9.17) is 28.1 Å². The minimum absolute atomic E-state index is 0.0221. The van der Waals surface area contributed by atoms with Crippen LogP contribution in [-0.4, -0.2) is 224 Å². The van der Waals surface area contributed by atoms with Crippen molar-refractivity contribution in [1.29, 1.82) is 0 Å². The molecule has 10 amide bonds. The predicted octanol–water partition coefficient (Wildman–Crippen LogP) is 4.76. The van der Waals surface area contributed by atoms with Crippen molar-refractivity contribution in [1.82, 2.24) is 92.1 Å². The maximum atomic E-state index is 14.7. The van der Waals surface area contributed by atoms with Crippen LogP contribution in [0.1, 0.15) is 132 Å². The van der Waals surface area contributed by atoms with Crippen LogP contribution in [0.2, 0.25) is 5.02 Å². The lowest BCUT2D eigenvalue weighted by atomic mass is 9.98. The number of hydrogen-bond donors (Lipinski definition) is 16. The van der Waals surface area contributed by atoms with Gasteiger partial charge in [0, 0.05) is 111 Å². The number of likely N-dealkylation sites (N-methyl/N-ethyl adjacent to an activating group) is 1. The van der Waals surface area contributed by atoms with Gasteiger partial charge in [-0.2, -0.15) is 0 Å². The second-order valence-corrected chi connectivity index (χ2v) is 33.1. The molecule has 11 atom stereocenters. The van der Waals surface area contributed by atoms with E-state index in [9.17, 15) is 58.2 Å². The smallest absolute Gasteiger partial charge is 0.245 e. The molecule has 13 rings (SSSR count). The van der Waals surface area contributed by atoms with Crippen LogP contribution in [0.25, 0.3) is 21.9 Å². The number of nitrogens with two attached hydrogens (primary N) is 2. The van der Waals surface area contributed by atoms with Crippen LogP contribution in [0.3, 0.4) is 0 Å². The molecule has 9 aromatic rings. The standard InChI is InChI=1S/C59H84N16O12.C17H13ClN4.C11H12N2S/c1-6-63-57(86)48-14-10-22-75(48)58(87)41(13-9-21-64-59(60)61)68-51(80)42(23-32(2)3)69-52(81)43(24-33(4)5)70-53(82)44(25-34-15-17-37(77)18-16-34)71-56(85)47(30-76)74-54(83)45(26-35-28-65-39-12-8-7-11-38(35)39)72-55(84)46(27-36-29-62-31-66-36)73-50(79)40-19-20-49(78)67-40;18-14-3-1-2-12(8-14)17(22-7-6-19-11-22)13-4-5-15-16(9-13)21-10-20-15;1-2-4-9(5-3-1)10-8-13-6-7-14-11(13)12-10/h7-8,11-12,15-18,28-29,31-33,40-48,65,76-77H,6,9-10,13-14,19-27,30H2,1-5H3,(H,62,66)(H,63,86)(H,67,78)(H,68,80)(H,69,81)(H,70,82)(H,71,85)(H,72,84)(H,73,79)(H,74,83)(H4,60,61,64);1-11,17H,(H,20,21);1-5,10H,6-8H2/t40-,41-,42-,43+,44-,45-,46-,47-,48-;;10-/m0.1/s1. The van der Waals surface area contributed by atoms with E-state index in [1.165, 1.54) is 64.7 Å². The molecule has 1 unspecified atom stereocenters. The van der Waals surface area contributed by atoms with E-state index < -0.39 is 108 Å². The molecule has 0 spiro atoms. The number of carbonyl (C=O) groups excluding carboxylic acids is 10. The average molecular weight is 1720 g/mol. The summed E-state index contributed by atoms with van der Waals surface area (Å²) < 4.78 is 2.07. The van der Waals surface area contributed by atoms with Gasteiger partial charge >= 0.3 is 0 Å². The number of imidazole rings is 3. The number of nitrogens with zero attached hydrogens (tertiary/aromatic N) is 8. The molecular weight excluding hydrogens is 1610 g/mol. The molecule has 0 saturated carbocycles. The molecule has 0 radical (unpaired) electrons. The number of hydrogen-bond acceptors (Lipinski definition) is 19. The van der Waals surface area contributed by atoms with Gasteiger partial charge in [0.25, 0.3) is 0 Å². The van der Waals surface area contributed by atoms with E-state index in [0.717, 1.165) is 39.2 Å². The summed E-state index contributed by atoms with van der Waals surface area (Å²) in [7, 11) is 0. The highest BCUT2D eigenvalue weighted by molar-refractivity contribution is 8.14. The maximum Gasteiger partial charge on any atom is 0.245 e. The zero-order valence-electron chi connectivity index (χ0n) is 69.3. The Balaban J connectivity index is 0.000000327. The molecule has 0 bridgehead atoms. The summed E-state index contributed by atoms with van der Waals surface area (Å²) in [6.45, 7) is 11.1. The van der Waals surface area contributed by atoms with E-state index in [-0.39, 0.29) is 112 Å². The number of fused-ring (bicyclic) bond motifs is 3. The normalized spacial score (nSPS) is 17.2. The van der Waals surface area contributed by atoms with Crippen LogP contribution in [0.15, 0.2) is 175 Å². The number of amides is 10. The van der Waals surface area contributed by atoms with Crippen LogP contribution in [0.4, 0.5) is 0 Å². The van der Waals surface area contributed by atoms with Gasteiger partial charge < -0.3 is 98.9 Å². The van der Waals surface area contributed by atoms with Gasteiger partial charge in [0.05, 0.1) is 48.7 Å². The number of amidine groups is 1. The van der Waals surface area contributed by atoms with Gasteiger partial charge in [-0.1, -0.05) is 130 Å². The summed E-state index contributed by atoms with van der Waals surface area (Å²) in [5.41, 5.74) is 18.9. The van der Waals surface area contributed by atoms with Crippen molar-refractivity contribution in [3.63, 3.8) is 0 Å². The first kappa shape index (κ1) is 91.1. The molecule has 4 aliphatic heterocycles. The van der Waals surface area contributed by atoms with Gasteiger partial charge in [-0.15, -0.1) is 0 Å². The molecule has 34 nitrogen and oxygen atoms in total. The first-order valence-electron chi connectivity index (χ1n) is 41.4. The Morgan fingerprint density at radius 3 is 1.97 bits per heavy atom. The SMILES string of the molecule is CCNC(=O)[C@@H]1CCCN1C(=O)[C@H](CCCN=C(N)N)NC(=O)[C@H](CC(C)C)NC(=O)[C@@H](CC(C)C)NC(=O)[C@H](Cc1ccc(O)cc1)NC(=O)[C@H](CO)NC(=O)[C@H](Cc1c[nH]c2ccccc12)NC(=O)[C@H](Cc1cnc[nH]1)NC(=O)[C@@H]1CCC(=O)N1.Clc1cccc(C(c2ccc3nc[nH]c3c2)n2ccnc2)c1.c1ccc([C@H]2CN3CCSC3=N2)cc1. The highest BCUT2D eigenvalue weighted by atomic mass is 35.5. The lowest BCUT2D eigenvalue weighted by molar-refractivity contribution is -0.142. The van der Waals surface area contributed by atoms with Crippen molar-refractivity contribution in [3.8, 4) is 5.75 Å². The Morgan fingerprint density at radius 1 is 0.667 bits per heavy atom. The molecule has 3 saturated heterocycles. The van der Waals surface area contributed by atoms with Gasteiger partial charge in [-0.25, -0.2) is 15.0 Å². The lowest BCUT2D eigenvalue weighted by Crippen LogP contribution is -2.61. The van der Waals surface area contributed by atoms with E-state index in [1.807, 2.05) is 68.5 Å². The zero-order chi connectivity index (χ0) is 87.6. The third-order valence-corrected chi connectivity index (χ3v) is 22.6. The van der Waals surface area contributed by atoms with Crippen LogP contribution in [-0.2, 0) is 67.2 Å². The summed E-state index contributed by atoms with van der Waals surface area (Å²) in [5, 5.41) is 47.9. The Kier molecular flexibility index (Phi) is 32.8. The number of benzene rings is 5. The number of phenolic OH excluding ortho intramolecular Hbond substituents is 1. The maximum absolute atomic E-state index is 14.7. The number of halogens is 1. The van der Waals surface area contributed by atoms with E-state index in [1.54, 1.807) is 57.7 Å². The summed E-state index contributed by atoms with van der Waals surface area (Å²) in [5.74, 6) is -6.34. The van der Waals surface area contributed by atoms with Gasteiger partial charge in [-0.3, -0.25) is 57.9 Å². The molecule has 123 heavy (non-hydrogen) atoms. The minimum Gasteiger partial charge on any atom is -0.508 e. The number of guanidine groups is 1. The number of aromatic hydroxyl groups is 1. The van der Waals surface area contributed by atoms with E-state index in [0.29, 0.717) is 47.6 Å². The van der Waals surface area contributed by atoms with Crippen molar-refractivity contribution in [3.05, 3.63) is 204 Å². The summed E-state index contributed by atoms with van der Waals surface area (Å²) in [6.07, 6.45) is 13.1. The number of likely N-dealkylation sites (tertiary alicyclic amines) is 1. The Morgan fingerprint density at radius 2 is 1.33 bits per heavy atom. The molecule has 0 aliphatic carbocycles. The molecule has 652 valence electrons. The van der Waals surface area contributed by atoms with Crippen molar-refractivity contribution in [2.75, 3.05) is 45.1 Å². The Bertz CT molecular complexity index is 5140. The number of para-hydroxylation sites is 1. The topological polar surface area (TPSA) is 494 Å². The molecule has 4 aromatic heterocycles. The third-order valence-electron chi connectivity index (χ3n) is 21.4. The highest BCUT2D eigenvalue weighted by Gasteiger charge is 2.41. The second kappa shape index (κ2) is 44.3. The van der Waals surface area contributed by atoms with Crippen molar-refractivity contribution < 1.29 is 58.2 Å². The third kappa shape index (κ3) is 25.7. The molecule has 36 heteroatoms. The van der Waals surface area contributed by atoms with Gasteiger partial charge in [0.2, 0.25) is 59.1 Å². The van der Waals surface area contributed by atoms with Crippen molar-refractivity contribution in [2.24, 2.45) is 33.3 Å². The summed E-state index contributed by atoms with van der Waals surface area (Å²) >= 11 is 8.06. The monoisotopic (exact) mass is 1720 g/mol.